The lowest BCUT2D eigenvalue weighted by molar-refractivity contribution is 0.0645. The molecule has 0 bridgehead atoms. The summed E-state index contributed by atoms with van der Waals surface area (Å²) in [6, 6.07) is 7.50. The second-order valence-electron chi connectivity index (χ2n) is 4.60. The van der Waals surface area contributed by atoms with Gasteiger partial charge in [0.2, 0.25) is 0 Å². The summed E-state index contributed by atoms with van der Waals surface area (Å²) in [5.74, 6) is 0.379. The van der Waals surface area contributed by atoms with Crippen LogP contribution in [0.2, 0.25) is 0 Å². The van der Waals surface area contributed by atoms with E-state index in [1.54, 1.807) is 11.9 Å². The first kappa shape index (κ1) is 12.8. The highest BCUT2D eigenvalue weighted by atomic mass is 127. The first-order valence-corrected chi connectivity index (χ1v) is 6.85. The van der Waals surface area contributed by atoms with E-state index in [9.17, 15) is 9.90 Å². The van der Waals surface area contributed by atoms with Crippen molar-refractivity contribution in [2.75, 3.05) is 13.6 Å². The number of carbonyl (C=O) groups excluding carboxylic acids is 1. The van der Waals surface area contributed by atoms with E-state index >= 15 is 0 Å². The van der Waals surface area contributed by atoms with E-state index in [1.807, 2.05) is 24.3 Å². The highest BCUT2D eigenvalue weighted by Crippen LogP contribution is 2.32. The molecule has 1 aromatic rings. The summed E-state index contributed by atoms with van der Waals surface area (Å²) < 4.78 is 1.05. The molecule has 1 unspecified atom stereocenters. The molecule has 0 spiro atoms. The predicted molar refractivity (Wildman–Crippen MR) is 74.9 cm³/mol. The first-order valence-electron chi connectivity index (χ1n) is 5.77. The van der Waals surface area contributed by atoms with Gasteiger partial charge in [-0.05, 0) is 59.5 Å². The molecule has 1 N–H and O–H groups in total. The summed E-state index contributed by atoms with van der Waals surface area (Å²) in [7, 11) is 1.74. The normalized spacial score (nSPS) is 16.6. The number of carbonyl (C=O) groups is 1. The molecule has 0 radical (unpaired) electrons. The fourth-order valence-corrected chi connectivity index (χ4v) is 2.38. The molecular formula is C13H16INO2. The van der Waals surface area contributed by atoms with E-state index in [4.69, 9.17) is 0 Å². The Morgan fingerprint density at radius 1 is 1.59 bits per heavy atom. The maximum atomic E-state index is 12.1. The zero-order valence-electron chi connectivity index (χ0n) is 9.77. The third kappa shape index (κ3) is 3.42. The molecule has 92 valence electrons. The zero-order chi connectivity index (χ0) is 12.4. The van der Waals surface area contributed by atoms with Crippen molar-refractivity contribution in [1.82, 2.24) is 4.90 Å². The highest BCUT2D eigenvalue weighted by molar-refractivity contribution is 14.1. The number of nitrogens with zero attached hydrogens (tertiary/aromatic N) is 1. The molecule has 0 aromatic heterocycles. The van der Waals surface area contributed by atoms with Crippen LogP contribution in [0, 0.1) is 9.49 Å². The molecule has 1 fully saturated rings. The smallest absolute Gasteiger partial charge is 0.253 e. The molecule has 1 aliphatic carbocycles. The van der Waals surface area contributed by atoms with Gasteiger partial charge in [-0.2, -0.15) is 0 Å². The Kier molecular flexibility index (Phi) is 4.04. The Morgan fingerprint density at radius 3 is 2.88 bits per heavy atom. The number of hydrogen-bond donors (Lipinski definition) is 1. The van der Waals surface area contributed by atoms with Crippen molar-refractivity contribution in [2.24, 2.45) is 5.92 Å². The van der Waals surface area contributed by atoms with Crippen LogP contribution in [-0.2, 0) is 0 Å². The summed E-state index contributed by atoms with van der Waals surface area (Å²) in [5.41, 5.74) is 0.683. The van der Waals surface area contributed by atoms with Crippen LogP contribution < -0.4 is 0 Å². The molecule has 4 heteroatoms. The molecule has 3 nitrogen and oxygen atoms in total. The molecule has 2 rings (SSSR count). The van der Waals surface area contributed by atoms with E-state index in [0.29, 0.717) is 18.0 Å². The summed E-state index contributed by atoms with van der Waals surface area (Å²) in [6.07, 6.45) is 1.81. The van der Waals surface area contributed by atoms with E-state index in [0.717, 1.165) is 16.4 Å². The van der Waals surface area contributed by atoms with Crippen molar-refractivity contribution in [3.63, 3.8) is 0 Å². The van der Waals surface area contributed by atoms with E-state index < -0.39 is 0 Å². The topological polar surface area (TPSA) is 40.5 Å². The second-order valence-corrected chi connectivity index (χ2v) is 5.85. The van der Waals surface area contributed by atoms with Crippen LogP contribution in [-0.4, -0.2) is 35.6 Å². The van der Waals surface area contributed by atoms with Gasteiger partial charge in [-0.15, -0.1) is 0 Å². The lowest BCUT2D eigenvalue weighted by atomic mass is 10.2. The van der Waals surface area contributed by atoms with Crippen molar-refractivity contribution in [1.29, 1.82) is 0 Å². The minimum atomic E-state index is -0.369. The van der Waals surface area contributed by atoms with Gasteiger partial charge in [0.05, 0.1) is 6.10 Å². The van der Waals surface area contributed by atoms with Crippen molar-refractivity contribution >= 4 is 28.5 Å². The molecule has 1 atom stereocenters. The Hall–Kier alpha value is -0.620. The highest BCUT2D eigenvalue weighted by Gasteiger charge is 2.31. The number of aliphatic hydroxyl groups excluding tert-OH is 1. The third-order valence-corrected chi connectivity index (χ3v) is 3.72. The van der Waals surface area contributed by atoms with Crippen LogP contribution in [0.25, 0.3) is 0 Å². The van der Waals surface area contributed by atoms with Crippen LogP contribution in [0.4, 0.5) is 0 Å². The van der Waals surface area contributed by atoms with E-state index in [2.05, 4.69) is 22.6 Å². The Labute approximate surface area is 115 Å². The fourth-order valence-electron chi connectivity index (χ4n) is 1.84. The number of halogens is 1. The summed E-state index contributed by atoms with van der Waals surface area (Å²) in [6.45, 7) is 0.426. The number of hydrogen-bond acceptors (Lipinski definition) is 2. The monoisotopic (exact) mass is 345 g/mol. The number of benzene rings is 1. The summed E-state index contributed by atoms with van der Waals surface area (Å²) in [5, 5.41) is 9.81. The quantitative estimate of drug-likeness (QED) is 0.850. The van der Waals surface area contributed by atoms with Gasteiger partial charge in [0.15, 0.2) is 0 Å². The van der Waals surface area contributed by atoms with Crippen LogP contribution in [0.1, 0.15) is 23.2 Å². The maximum absolute atomic E-state index is 12.1. The molecule has 17 heavy (non-hydrogen) atoms. The van der Waals surface area contributed by atoms with Gasteiger partial charge < -0.3 is 10.0 Å². The van der Waals surface area contributed by atoms with Gasteiger partial charge in [0.1, 0.15) is 0 Å². The van der Waals surface area contributed by atoms with Crippen molar-refractivity contribution in [3.8, 4) is 0 Å². The standard InChI is InChI=1S/C13H16INO2/c1-15(8-12(16)9-5-6-9)13(17)10-3-2-4-11(14)7-10/h2-4,7,9,12,16H,5-6,8H2,1H3. The van der Waals surface area contributed by atoms with Crippen LogP contribution >= 0.6 is 22.6 Å². The lowest BCUT2D eigenvalue weighted by Gasteiger charge is -2.20. The van der Waals surface area contributed by atoms with Gasteiger partial charge in [0.25, 0.3) is 5.91 Å². The van der Waals surface area contributed by atoms with Gasteiger partial charge in [-0.25, -0.2) is 0 Å². The van der Waals surface area contributed by atoms with Crippen LogP contribution in [0.3, 0.4) is 0 Å². The van der Waals surface area contributed by atoms with Gasteiger partial charge in [-0.3, -0.25) is 4.79 Å². The fraction of sp³-hybridized carbons (Fsp3) is 0.462. The van der Waals surface area contributed by atoms with Crippen molar-refractivity contribution < 1.29 is 9.90 Å². The SMILES string of the molecule is CN(CC(O)C1CC1)C(=O)c1cccc(I)c1. The number of rotatable bonds is 4. The van der Waals surface area contributed by atoms with E-state index in [-0.39, 0.29) is 12.0 Å². The summed E-state index contributed by atoms with van der Waals surface area (Å²) in [4.78, 5) is 13.7. The minimum absolute atomic E-state index is 0.0248. The van der Waals surface area contributed by atoms with Crippen molar-refractivity contribution in [3.05, 3.63) is 33.4 Å². The maximum Gasteiger partial charge on any atom is 0.253 e. The summed E-state index contributed by atoms with van der Waals surface area (Å²) >= 11 is 2.19. The number of likely N-dealkylation sites (N-methyl/N-ethyl adjacent to an activating group) is 1. The predicted octanol–water partition coefficient (Wildman–Crippen LogP) is 2.13. The van der Waals surface area contributed by atoms with E-state index in [1.165, 1.54) is 0 Å². The molecular weight excluding hydrogens is 329 g/mol. The Morgan fingerprint density at radius 2 is 2.29 bits per heavy atom. The molecule has 0 heterocycles. The molecule has 0 saturated heterocycles. The Balaban J connectivity index is 1.98. The zero-order valence-corrected chi connectivity index (χ0v) is 11.9. The van der Waals surface area contributed by atoms with Gasteiger partial charge in [0, 0.05) is 22.7 Å². The number of amides is 1. The average molecular weight is 345 g/mol. The van der Waals surface area contributed by atoms with Crippen LogP contribution in [0.15, 0.2) is 24.3 Å². The van der Waals surface area contributed by atoms with Crippen LogP contribution in [0.5, 0.6) is 0 Å². The minimum Gasteiger partial charge on any atom is -0.391 e. The van der Waals surface area contributed by atoms with Gasteiger partial charge in [-0.1, -0.05) is 6.07 Å². The average Bonchev–Trinajstić information content (AvgIpc) is 3.11. The molecule has 0 aliphatic heterocycles. The number of aliphatic hydroxyl groups is 1. The molecule has 1 aromatic carbocycles. The lowest BCUT2D eigenvalue weighted by Crippen LogP contribution is -2.35. The molecule has 1 saturated carbocycles. The molecule has 1 amide bonds. The second kappa shape index (κ2) is 5.35. The first-order chi connectivity index (χ1) is 8.08. The third-order valence-electron chi connectivity index (χ3n) is 3.05. The Bertz CT molecular complexity index is 418. The van der Waals surface area contributed by atoms with Gasteiger partial charge >= 0.3 is 0 Å². The van der Waals surface area contributed by atoms with Crippen molar-refractivity contribution in [2.45, 2.75) is 18.9 Å². The molecule has 1 aliphatic rings. The largest absolute Gasteiger partial charge is 0.391 e.